The van der Waals surface area contributed by atoms with Crippen LogP contribution >= 0.6 is 0 Å². The van der Waals surface area contributed by atoms with Crippen LogP contribution in [0.4, 0.5) is 0 Å². The van der Waals surface area contributed by atoms with Gasteiger partial charge in [0.2, 0.25) is 11.8 Å². The van der Waals surface area contributed by atoms with E-state index in [1.807, 2.05) is 0 Å². The largest absolute Gasteiger partial charge is 0.425 e. The standard InChI is InChI=1S/C11H19N3O2/c1-11(4-7-15-8-5-11)10-14-13-9(16-10)3-2-6-12/h2-8,12H2,1H3. The average molecular weight is 225 g/mol. The van der Waals surface area contributed by atoms with Crippen LogP contribution in [0.2, 0.25) is 0 Å². The second-order valence-corrected chi connectivity index (χ2v) is 4.57. The zero-order valence-corrected chi connectivity index (χ0v) is 9.74. The van der Waals surface area contributed by atoms with Crippen molar-refractivity contribution in [3.8, 4) is 0 Å². The molecule has 1 saturated heterocycles. The van der Waals surface area contributed by atoms with Crippen molar-refractivity contribution < 1.29 is 9.15 Å². The van der Waals surface area contributed by atoms with Gasteiger partial charge >= 0.3 is 0 Å². The Balaban J connectivity index is 2.05. The van der Waals surface area contributed by atoms with Gasteiger partial charge in [-0.15, -0.1) is 10.2 Å². The molecule has 0 amide bonds. The summed E-state index contributed by atoms with van der Waals surface area (Å²) in [6.45, 7) is 4.37. The van der Waals surface area contributed by atoms with Crippen LogP contribution in [-0.4, -0.2) is 30.0 Å². The molecule has 0 aromatic carbocycles. The zero-order chi connectivity index (χ0) is 11.4. The molecule has 2 N–H and O–H groups in total. The molecular weight excluding hydrogens is 206 g/mol. The van der Waals surface area contributed by atoms with E-state index in [2.05, 4.69) is 17.1 Å². The Morgan fingerprint density at radius 1 is 1.31 bits per heavy atom. The molecule has 1 aromatic heterocycles. The van der Waals surface area contributed by atoms with Crippen molar-refractivity contribution in [3.05, 3.63) is 11.8 Å². The SMILES string of the molecule is CC1(c2nnc(CCCN)o2)CCOCC1. The molecule has 0 spiro atoms. The summed E-state index contributed by atoms with van der Waals surface area (Å²) in [7, 11) is 0. The summed E-state index contributed by atoms with van der Waals surface area (Å²) in [5, 5.41) is 8.21. The lowest BCUT2D eigenvalue weighted by Crippen LogP contribution is -2.30. The van der Waals surface area contributed by atoms with Crippen LogP contribution < -0.4 is 5.73 Å². The van der Waals surface area contributed by atoms with Gasteiger partial charge in [0.15, 0.2) is 0 Å². The summed E-state index contributed by atoms with van der Waals surface area (Å²) in [6.07, 6.45) is 3.56. The highest BCUT2D eigenvalue weighted by Crippen LogP contribution is 2.33. The van der Waals surface area contributed by atoms with Crippen molar-refractivity contribution in [3.63, 3.8) is 0 Å². The first-order chi connectivity index (χ1) is 7.74. The molecule has 16 heavy (non-hydrogen) atoms. The highest BCUT2D eigenvalue weighted by molar-refractivity contribution is 5.03. The third-order valence-electron chi connectivity index (χ3n) is 3.17. The number of aryl methyl sites for hydroxylation is 1. The molecule has 0 aliphatic carbocycles. The summed E-state index contributed by atoms with van der Waals surface area (Å²) in [4.78, 5) is 0. The summed E-state index contributed by atoms with van der Waals surface area (Å²) in [5.41, 5.74) is 5.44. The molecule has 90 valence electrons. The molecule has 1 aliphatic rings. The van der Waals surface area contributed by atoms with Gasteiger partial charge in [-0.2, -0.15) is 0 Å². The van der Waals surface area contributed by atoms with Crippen LogP contribution in [0, 0.1) is 0 Å². The number of rotatable bonds is 4. The lowest BCUT2D eigenvalue weighted by Gasteiger charge is -2.29. The Morgan fingerprint density at radius 3 is 2.75 bits per heavy atom. The van der Waals surface area contributed by atoms with E-state index in [1.54, 1.807) is 0 Å². The molecule has 2 rings (SSSR count). The maximum atomic E-state index is 5.69. The number of hydrogen-bond acceptors (Lipinski definition) is 5. The predicted octanol–water partition coefficient (Wildman–Crippen LogP) is 1.03. The van der Waals surface area contributed by atoms with Gasteiger partial charge in [0.05, 0.1) is 5.41 Å². The van der Waals surface area contributed by atoms with Crippen LogP contribution in [0.1, 0.15) is 38.0 Å². The zero-order valence-electron chi connectivity index (χ0n) is 9.74. The Labute approximate surface area is 95.4 Å². The van der Waals surface area contributed by atoms with Crippen molar-refractivity contribution in [2.24, 2.45) is 5.73 Å². The van der Waals surface area contributed by atoms with Gasteiger partial charge in [-0.1, -0.05) is 6.92 Å². The highest BCUT2D eigenvalue weighted by atomic mass is 16.5. The van der Waals surface area contributed by atoms with Gasteiger partial charge in [0.1, 0.15) is 0 Å². The van der Waals surface area contributed by atoms with E-state index in [0.29, 0.717) is 12.4 Å². The summed E-state index contributed by atoms with van der Waals surface area (Å²) >= 11 is 0. The number of nitrogens with zero attached hydrogens (tertiary/aromatic N) is 2. The molecule has 1 aromatic rings. The van der Waals surface area contributed by atoms with Crippen molar-refractivity contribution in [1.29, 1.82) is 0 Å². The fraction of sp³-hybridized carbons (Fsp3) is 0.818. The van der Waals surface area contributed by atoms with Gasteiger partial charge in [0.25, 0.3) is 0 Å². The monoisotopic (exact) mass is 225 g/mol. The smallest absolute Gasteiger partial charge is 0.222 e. The second-order valence-electron chi connectivity index (χ2n) is 4.57. The van der Waals surface area contributed by atoms with E-state index in [9.17, 15) is 0 Å². The van der Waals surface area contributed by atoms with Crippen LogP contribution in [0.25, 0.3) is 0 Å². The molecule has 0 atom stereocenters. The summed E-state index contributed by atoms with van der Waals surface area (Å²) < 4.78 is 11.0. The normalized spacial score (nSPS) is 19.9. The molecule has 5 nitrogen and oxygen atoms in total. The number of aromatic nitrogens is 2. The van der Waals surface area contributed by atoms with E-state index in [-0.39, 0.29) is 5.41 Å². The Morgan fingerprint density at radius 2 is 2.06 bits per heavy atom. The molecule has 1 fully saturated rings. The quantitative estimate of drug-likeness (QED) is 0.828. The third-order valence-corrected chi connectivity index (χ3v) is 3.17. The van der Waals surface area contributed by atoms with Gasteiger partial charge in [-0.25, -0.2) is 0 Å². The molecule has 2 heterocycles. The number of nitrogens with two attached hydrogens (primary N) is 1. The molecule has 0 saturated carbocycles. The van der Waals surface area contributed by atoms with Crippen LogP contribution in [0.5, 0.6) is 0 Å². The van der Waals surface area contributed by atoms with Crippen LogP contribution in [0.3, 0.4) is 0 Å². The molecule has 0 unspecified atom stereocenters. The van der Waals surface area contributed by atoms with Crippen LogP contribution in [-0.2, 0) is 16.6 Å². The average Bonchev–Trinajstić information content (AvgIpc) is 2.77. The minimum absolute atomic E-state index is 0.00772. The Kier molecular flexibility index (Phi) is 3.56. The Hall–Kier alpha value is -0.940. The van der Waals surface area contributed by atoms with Crippen molar-refractivity contribution >= 4 is 0 Å². The molecule has 0 bridgehead atoms. The molecule has 1 aliphatic heterocycles. The third kappa shape index (κ3) is 2.41. The second kappa shape index (κ2) is 4.93. The first-order valence-electron chi connectivity index (χ1n) is 5.85. The molecular formula is C11H19N3O2. The maximum absolute atomic E-state index is 5.69. The fourth-order valence-electron chi connectivity index (χ4n) is 1.89. The molecule has 0 radical (unpaired) electrons. The summed E-state index contributed by atoms with van der Waals surface area (Å²) in [5.74, 6) is 1.45. The maximum Gasteiger partial charge on any atom is 0.222 e. The lowest BCUT2D eigenvalue weighted by molar-refractivity contribution is 0.0465. The van der Waals surface area contributed by atoms with E-state index in [4.69, 9.17) is 14.9 Å². The van der Waals surface area contributed by atoms with Gasteiger partial charge < -0.3 is 14.9 Å². The molecule has 5 heteroatoms. The predicted molar refractivity (Wildman–Crippen MR) is 59.1 cm³/mol. The van der Waals surface area contributed by atoms with Crippen molar-refractivity contribution in [2.45, 2.75) is 38.0 Å². The number of ether oxygens (including phenoxy) is 1. The van der Waals surface area contributed by atoms with E-state index < -0.39 is 0 Å². The van der Waals surface area contributed by atoms with Gasteiger partial charge in [-0.05, 0) is 25.8 Å². The highest BCUT2D eigenvalue weighted by Gasteiger charge is 2.34. The first kappa shape index (κ1) is 11.5. The lowest BCUT2D eigenvalue weighted by atomic mass is 9.82. The topological polar surface area (TPSA) is 74.2 Å². The van der Waals surface area contributed by atoms with Crippen molar-refractivity contribution in [1.82, 2.24) is 10.2 Å². The first-order valence-corrected chi connectivity index (χ1v) is 5.85. The van der Waals surface area contributed by atoms with Gasteiger partial charge in [-0.3, -0.25) is 0 Å². The van der Waals surface area contributed by atoms with E-state index in [0.717, 1.165) is 44.8 Å². The van der Waals surface area contributed by atoms with E-state index in [1.165, 1.54) is 0 Å². The van der Waals surface area contributed by atoms with Gasteiger partial charge in [0, 0.05) is 19.6 Å². The fourth-order valence-corrected chi connectivity index (χ4v) is 1.89. The Bertz CT molecular complexity index is 332. The summed E-state index contributed by atoms with van der Waals surface area (Å²) in [6, 6.07) is 0. The van der Waals surface area contributed by atoms with E-state index >= 15 is 0 Å². The number of hydrogen-bond donors (Lipinski definition) is 1. The minimum Gasteiger partial charge on any atom is -0.425 e. The van der Waals surface area contributed by atoms with Crippen molar-refractivity contribution in [2.75, 3.05) is 19.8 Å². The van der Waals surface area contributed by atoms with Crippen LogP contribution in [0.15, 0.2) is 4.42 Å². The minimum atomic E-state index is -0.00772.